The van der Waals surface area contributed by atoms with E-state index in [4.69, 9.17) is 18.9 Å². The molecule has 4 rings (SSSR count). The van der Waals surface area contributed by atoms with Crippen LogP contribution in [-0.4, -0.2) is 76.2 Å². The van der Waals surface area contributed by atoms with Crippen molar-refractivity contribution in [2.75, 3.05) is 19.8 Å². The first-order valence-corrected chi connectivity index (χ1v) is 14.1. The fourth-order valence-electron chi connectivity index (χ4n) is 7.39. The molecule has 2 N–H and O–H groups in total. The summed E-state index contributed by atoms with van der Waals surface area (Å²) in [6.45, 7) is 14.8. The highest BCUT2D eigenvalue weighted by atomic mass is 19.4. The summed E-state index contributed by atoms with van der Waals surface area (Å²) in [6, 6.07) is 0. The average molecular weight is 593 g/mol. The van der Waals surface area contributed by atoms with Crippen molar-refractivity contribution in [3.05, 3.63) is 12.2 Å². The lowest BCUT2D eigenvalue weighted by atomic mass is 9.37. The van der Waals surface area contributed by atoms with Crippen LogP contribution in [0.3, 0.4) is 0 Å². The van der Waals surface area contributed by atoms with Gasteiger partial charge in [-0.3, -0.25) is 0 Å². The van der Waals surface area contributed by atoms with Gasteiger partial charge in [0.2, 0.25) is 0 Å². The van der Waals surface area contributed by atoms with Crippen LogP contribution in [0.5, 0.6) is 0 Å². The van der Waals surface area contributed by atoms with Crippen LogP contribution in [0.4, 0.5) is 13.2 Å². The molecule has 0 saturated heterocycles. The Labute approximate surface area is 240 Å². The molecule has 11 heteroatoms. The molecule has 0 aromatic heterocycles. The summed E-state index contributed by atoms with van der Waals surface area (Å²) in [5.74, 6) is -1.39. The molecule has 0 radical (unpaired) electrons. The maximum atomic E-state index is 13.5. The van der Waals surface area contributed by atoms with Crippen LogP contribution in [0.1, 0.15) is 93.9 Å². The summed E-state index contributed by atoms with van der Waals surface area (Å²) in [6.07, 6.45) is -1.64. The zero-order valence-electron chi connectivity index (χ0n) is 25.6. The Morgan fingerprint density at radius 3 is 1.78 bits per heavy atom. The quantitative estimate of drug-likeness (QED) is 0.240. The van der Waals surface area contributed by atoms with Crippen LogP contribution >= 0.6 is 0 Å². The van der Waals surface area contributed by atoms with Crippen LogP contribution < -0.4 is 0 Å². The fraction of sp³-hybridized carbons (Fsp3) is 0.867. The van der Waals surface area contributed by atoms with Crippen LogP contribution in [-0.2, 0) is 28.5 Å². The molecule has 0 aromatic carbocycles. The number of rotatable bonds is 12. The number of halogens is 3. The lowest BCUT2D eigenvalue weighted by Gasteiger charge is -2.71. The van der Waals surface area contributed by atoms with Gasteiger partial charge in [-0.1, -0.05) is 6.58 Å². The molecule has 0 spiro atoms. The molecule has 41 heavy (non-hydrogen) atoms. The van der Waals surface area contributed by atoms with Crippen LogP contribution in [0.25, 0.3) is 0 Å². The summed E-state index contributed by atoms with van der Waals surface area (Å²) in [4.78, 5) is 24.9. The van der Waals surface area contributed by atoms with Gasteiger partial charge in [0.25, 0.3) is 0 Å². The highest BCUT2D eigenvalue weighted by molar-refractivity contribution is 5.88. The molecule has 0 heterocycles. The number of carbonyl (C=O) groups is 2. The average Bonchev–Trinajstić information content (AvgIpc) is 2.77. The second-order valence-corrected chi connectivity index (χ2v) is 14.8. The molecule has 5 unspecified atom stereocenters. The number of ether oxygens (including phenoxy) is 4. The third-order valence-electron chi connectivity index (χ3n) is 9.68. The van der Waals surface area contributed by atoms with Crippen molar-refractivity contribution in [3.63, 3.8) is 0 Å². The van der Waals surface area contributed by atoms with E-state index in [0.29, 0.717) is 39.0 Å². The van der Waals surface area contributed by atoms with Crippen molar-refractivity contribution in [1.82, 2.24) is 0 Å². The zero-order valence-corrected chi connectivity index (χ0v) is 25.6. The van der Waals surface area contributed by atoms with Gasteiger partial charge in [-0.15, -0.1) is 0 Å². The highest BCUT2D eigenvalue weighted by Crippen LogP contribution is 2.73. The minimum Gasteiger partial charge on any atom is -0.456 e. The maximum Gasteiger partial charge on any atom is 0.419 e. The van der Waals surface area contributed by atoms with Crippen LogP contribution in [0.15, 0.2) is 12.2 Å². The van der Waals surface area contributed by atoms with Gasteiger partial charge < -0.3 is 29.2 Å². The molecule has 4 aliphatic carbocycles. The Balaban J connectivity index is 1.98. The van der Waals surface area contributed by atoms with Crippen molar-refractivity contribution in [1.29, 1.82) is 0 Å². The number of alkyl halides is 3. The molecule has 0 aliphatic heterocycles. The van der Waals surface area contributed by atoms with Crippen molar-refractivity contribution in [3.8, 4) is 0 Å². The topological polar surface area (TPSA) is 112 Å². The van der Waals surface area contributed by atoms with Crippen molar-refractivity contribution in [2.24, 2.45) is 16.7 Å². The Hall–Kier alpha value is -1.69. The minimum atomic E-state index is -4.88. The van der Waals surface area contributed by atoms with Gasteiger partial charge in [0.15, 0.2) is 12.2 Å². The fourth-order valence-corrected chi connectivity index (χ4v) is 7.39. The third kappa shape index (κ3) is 6.78. The number of aliphatic hydroxyl groups is 2. The molecule has 4 aliphatic rings. The normalized spacial score (nSPS) is 31.5. The predicted molar refractivity (Wildman–Crippen MR) is 144 cm³/mol. The van der Waals surface area contributed by atoms with Gasteiger partial charge in [0.05, 0.1) is 30.0 Å². The smallest absolute Gasteiger partial charge is 0.419 e. The van der Waals surface area contributed by atoms with Gasteiger partial charge in [0, 0.05) is 16.4 Å². The number of hydrogen-bond acceptors (Lipinski definition) is 8. The first kappa shape index (κ1) is 33.8. The Morgan fingerprint density at radius 2 is 1.34 bits per heavy atom. The summed E-state index contributed by atoms with van der Waals surface area (Å²) in [5, 5.41) is 20.5. The van der Waals surface area contributed by atoms with Gasteiger partial charge in [0.1, 0.15) is 5.60 Å². The Kier molecular flexibility index (Phi) is 8.65. The summed E-state index contributed by atoms with van der Waals surface area (Å²) in [7, 11) is 0. The van der Waals surface area contributed by atoms with E-state index in [-0.39, 0.29) is 18.1 Å². The molecule has 0 aromatic rings. The monoisotopic (exact) mass is 592 g/mol. The number of hydrogen-bond donors (Lipinski definition) is 2. The second-order valence-electron chi connectivity index (χ2n) is 14.8. The first-order chi connectivity index (χ1) is 18.3. The van der Waals surface area contributed by atoms with Crippen molar-refractivity contribution in [2.45, 2.75) is 128 Å². The van der Waals surface area contributed by atoms with Gasteiger partial charge in [-0.25, -0.2) is 9.59 Å². The number of esters is 2. The first-order valence-electron chi connectivity index (χ1n) is 14.1. The standard InChI is InChI=1S/C30H47F3O8/c1-19(2)22(35)38-13-21(34)41-29-12-20-10-27(15-29,24(5,6)39-17-23(3,4)36)14-28(11-20,16-29)25(7,8)40-18-26(9,37)30(31,32)33/h20,36-37H,1,10-18H2,2-9H3. The van der Waals surface area contributed by atoms with Crippen LogP contribution in [0.2, 0.25) is 0 Å². The van der Waals surface area contributed by atoms with E-state index in [1.54, 1.807) is 27.7 Å². The molecule has 236 valence electrons. The Morgan fingerprint density at radius 1 is 0.854 bits per heavy atom. The van der Waals surface area contributed by atoms with Crippen molar-refractivity contribution >= 4 is 11.9 Å². The molecular weight excluding hydrogens is 545 g/mol. The molecule has 4 saturated carbocycles. The lowest BCUT2D eigenvalue weighted by Crippen LogP contribution is -2.71. The van der Waals surface area contributed by atoms with E-state index >= 15 is 0 Å². The molecular formula is C30H47F3O8. The summed E-state index contributed by atoms with van der Waals surface area (Å²) < 4.78 is 63.9. The molecule has 0 amide bonds. The van der Waals surface area contributed by atoms with Crippen LogP contribution in [0, 0.1) is 16.7 Å². The summed E-state index contributed by atoms with van der Waals surface area (Å²) >= 11 is 0. The third-order valence-corrected chi connectivity index (χ3v) is 9.68. The van der Waals surface area contributed by atoms with E-state index in [1.165, 1.54) is 6.92 Å². The second kappa shape index (κ2) is 10.5. The Bertz CT molecular complexity index is 1040. The molecule has 4 bridgehead atoms. The predicted octanol–water partition coefficient (Wildman–Crippen LogP) is 5.03. The maximum absolute atomic E-state index is 13.5. The number of carbonyl (C=O) groups excluding carboxylic acids is 2. The van der Waals surface area contributed by atoms with E-state index in [0.717, 1.165) is 6.42 Å². The van der Waals surface area contributed by atoms with E-state index < -0.39 is 70.2 Å². The molecule has 5 atom stereocenters. The summed E-state index contributed by atoms with van der Waals surface area (Å²) in [5.41, 5.74) is -8.24. The van der Waals surface area contributed by atoms with Gasteiger partial charge >= 0.3 is 18.1 Å². The van der Waals surface area contributed by atoms with Crippen molar-refractivity contribution < 1.29 is 51.9 Å². The minimum absolute atomic E-state index is 0.0491. The SMILES string of the molecule is C=C(C)C(=O)OCC(=O)OC12CC3CC(C(C)(C)OCC(C)(C)O)(C1)CC(C(C)(C)OCC(C)(O)C(F)(F)F)(C3)C2. The largest absolute Gasteiger partial charge is 0.456 e. The van der Waals surface area contributed by atoms with E-state index in [9.17, 15) is 33.0 Å². The highest BCUT2D eigenvalue weighted by Gasteiger charge is 2.72. The zero-order chi connectivity index (χ0) is 31.5. The van der Waals surface area contributed by atoms with E-state index in [2.05, 4.69) is 6.58 Å². The van der Waals surface area contributed by atoms with Gasteiger partial charge in [-0.05, 0) is 99.8 Å². The lowest BCUT2D eigenvalue weighted by molar-refractivity contribution is -0.317. The van der Waals surface area contributed by atoms with Gasteiger partial charge in [-0.2, -0.15) is 13.2 Å². The molecule has 8 nitrogen and oxygen atoms in total. The van der Waals surface area contributed by atoms with E-state index in [1.807, 2.05) is 13.8 Å². The molecule has 4 fully saturated rings.